The summed E-state index contributed by atoms with van der Waals surface area (Å²) in [6.07, 6.45) is 6.37. The highest BCUT2D eigenvalue weighted by molar-refractivity contribution is 6.32. The average molecular weight is 474 g/mol. The number of carbonyl (C=O) groups is 2. The molecule has 3 aromatic rings. The summed E-state index contributed by atoms with van der Waals surface area (Å²) < 4.78 is 13.4. The Balaban J connectivity index is 0.000000454. The molecule has 2 aromatic carbocycles. The first kappa shape index (κ1) is 24.1. The van der Waals surface area contributed by atoms with Crippen molar-refractivity contribution in [1.82, 2.24) is 14.9 Å². The van der Waals surface area contributed by atoms with Gasteiger partial charge >= 0.3 is 11.9 Å². The number of hydrogen-bond acceptors (Lipinski definition) is 6. The predicted molar refractivity (Wildman–Crippen MR) is 121 cm³/mol. The van der Waals surface area contributed by atoms with E-state index in [1.54, 1.807) is 12.5 Å². The van der Waals surface area contributed by atoms with Crippen LogP contribution < -0.4 is 14.8 Å². The van der Waals surface area contributed by atoms with Gasteiger partial charge in [-0.15, -0.1) is 0 Å². The van der Waals surface area contributed by atoms with Gasteiger partial charge in [0, 0.05) is 37.1 Å². The first-order valence-corrected chi connectivity index (χ1v) is 10.6. The van der Waals surface area contributed by atoms with E-state index in [4.69, 9.17) is 40.9 Å². The number of halogens is 1. The summed E-state index contributed by atoms with van der Waals surface area (Å²) in [4.78, 5) is 22.3. The number of carboxylic acid groups (broad SMARTS) is 2. The maximum Gasteiger partial charge on any atom is 0.414 e. The molecule has 1 aromatic heterocycles. The monoisotopic (exact) mass is 473 g/mol. The second-order valence-electron chi connectivity index (χ2n) is 7.23. The van der Waals surface area contributed by atoms with Crippen LogP contribution in [0.1, 0.15) is 30.5 Å². The summed E-state index contributed by atoms with van der Waals surface area (Å²) in [7, 11) is 0. The second-order valence-corrected chi connectivity index (χ2v) is 7.64. The van der Waals surface area contributed by atoms with Crippen LogP contribution in [0.4, 0.5) is 0 Å². The average Bonchev–Trinajstić information content (AvgIpc) is 3.23. The molecule has 1 aliphatic heterocycles. The van der Waals surface area contributed by atoms with Crippen LogP contribution in [0, 0.1) is 0 Å². The number of nitrogens with zero attached hydrogens (tertiary/aromatic N) is 2. The van der Waals surface area contributed by atoms with Crippen molar-refractivity contribution < 1.29 is 29.3 Å². The second kappa shape index (κ2) is 11.3. The molecule has 4 rings (SSSR count). The third-order valence-electron chi connectivity index (χ3n) is 4.85. The molecule has 10 heteroatoms. The van der Waals surface area contributed by atoms with Gasteiger partial charge in [0.25, 0.3) is 0 Å². The Hall–Kier alpha value is -3.56. The first-order chi connectivity index (χ1) is 15.8. The number of hydrogen-bond donors (Lipinski definition) is 3. The number of benzene rings is 2. The van der Waals surface area contributed by atoms with E-state index in [9.17, 15) is 0 Å². The fourth-order valence-corrected chi connectivity index (χ4v) is 3.41. The smallest absolute Gasteiger partial charge is 0.414 e. The van der Waals surface area contributed by atoms with Gasteiger partial charge in [0.15, 0.2) is 11.5 Å². The molecule has 1 aliphatic rings. The van der Waals surface area contributed by atoms with Crippen LogP contribution in [0.15, 0.2) is 55.1 Å². The Kier molecular flexibility index (Phi) is 8.28. The summed E-state index contributed by atoms with van der Waals surface area (Å²) in [5.41, 5.74) is 3.39. The molecule has 2 heterocycles. The zero-order valence-electron chi connectivity index (χ0n) is 17.9. The first-order valence-electron chi connectivity index (χ1n) is 10.2. The van der Waals surface area contributed by atoms with Crippen LogP contribution in [-0.4, -0.2) is 44.9 Å². The molecule has 9 nitrogen and oxygen atoms in total. The molecule has 33 heavy (non-hydrogen) atoms. The number of imidazole rings is 1. The minimum absolute atomic E-state index is 0.205. The summed E-state index contributed by atoms with van der Waals surface area (Å²) in [5.74, 6) is -2.26. The van der Waals surface area contributed by atoms with Gasteiger partial charge in [0.05, 0.1) is 24.6 Å². The minimum Gasteiger partial charge on any atom is -0.489 e. The molecule has 0 radical (unpaired) electrons. The number of ether oxygens (including phenoxy) is 2. The Bertz CT molecular complexity index is 1070. The number of aliphatic carboxylic acids is 2. The molecule has 0 fully saturated rings. The van der Waals surface area contributed by atoms with Crippen LogP contribution in [0.2, 0.25) is 5.02 Å². The van der Waals surface area contributed by atoms with E-state index < -0.39 is 11.9 Å². The van der Waals surface area contributed by atoms with Crippen molar-refractivity contribution in [1.29, 1.82) is 0 Å². The van der Waals surface area contributed by atoms with Gasteiger partial charge in [-0.25, -0.2) is 14.6 Å². The third kappa shape index (κ3) is 6.71. The molecule has 0 spiro atoms. The lowest BCUT2D eigenvalue weighted by molar-refractivity contribution is -0.159. The highest BCUT2D eigenvalue weighted by atomic mass is 35.5. The molecule has 3 N–H and O–H groups in total. The van der Waals surface area contributed by atoms with Crippen molar-refractivity contribution in [2.24, 2.45) is 0 Å². The van der Waals surface area contributed by atoms with E-state index in [1.165, 1.54) is 5.56 Å². The van der Waals surface area contributed by atoms with Crippen molar-refractivity contribution in [2.45, 2.75) is 25.9 Å². The Morgan fingerprint density at radius 2 is 1.85 bits per heavy atom. The van der Waals surface area contributed by atoms with Crippen molar-refractivity contribution in [3.63, 3.8) is 0 Å². The van der Waals surface area contributed by atoms with Crippen molar-refractivity contribution >= 4 is 23.5 Å². The van der Waals surface area contributed by atoms with Gasteiger partial charge in [-0.3, -0.25) is 0 Å². The predicted octanol–water partition coefficient (Wildman–Crippen LogP) is 3.69. The number of carboxylic acids is 2. The summed E-state index contributed by atoms with van der Waals surface area (Å²) in [6, 6.07) is 12.6. The quantitative estimate of drug-likeness (QED) is 0.479. The SMILES string of the molecule is CC(NCc1cc(Cl)c2c(c1)OCCCO2)c1ccc(-n2ccnc2)cc1.O=C(O)C(=O)O. The lowest BCUT2D eigenvalue weighted by Gasteiger charge is -2.16. The molecular formula is C23H24ClN3O6. The fraction of sp³-hybridized carbons (Fsp3) is 0.261. The van der Waals surface area contributed by atoms with Crippen molar-refractivity contribution in [3.05, 3.63) is 71.3 Å². The maximum atomic E-state index is 9.10. The van der Waals surface area contributed by atoms with Crippen LogP contribution in [0.3, 0.4) is 0 Å². The molecule has 0 bridgehead atoms. The number of aromatic nitrogens is 2. The lowest BCUT2D eigenvalue weighted by Crippen LogP contribution is -2.18. The van der Waals surface area contributed by atoms with Gasteiger partial charge in [-0.1, -0.05) is 23.7 Å². The summed E-state index contributed by atoms with van der Waals surface area (Å²) >= 11 is 6.38. The standard InChI is InChI=1S/C21H22ClN3O2.C2H2O4/c1-15(17-3-5-18(6-4-17)25-8-7-23-14-25)24-13-16-11-19(22)21-20(12-16)26-9-2-10-27-21;3-1(4)2(5)6/h3-8,11-12,14-15,24H,2,9-10,13H2,1H3;(H,3,4)(H,5,6). The van der Waals surface area contributed by atoms with E-state index in [0.717, 1.165) is 23.4 Å². The van der Waals surface area contributed by atoms with Gasteiger partial charge < -0.3 is 29.6 Å². The normalized spacial score (nSPS) is 13.3. The van der Waals surface area contributed by atoms with Crippen molar-refractivity contribution in [2.75, 3.05) is 13.2 Å². The number of nitrogens with one attached hydrogen (secondary N) is 1. The maximum absolute atomic E-state index is 9.10. The molecule has 0 saturated heterocycles. The number of fused-ring (bicyclic) bond motifs is 1. The van der Waals surface area contributed by atoms with Crippen molar-refractivity contribution in [3.8, 4) is 17.2 Å². The van der Waals surface area contributed by atoms with Gasteiger partial charge in [-0.2, -0.15) is 0 Å². The van der Waals surface area contributed by atoms with E-state index in [0.29, 0.717) is 30.5 Å². The van der Waals surface area contributed by atoms with Crippen LogP contribution in [0.25, 0.3) is 5.69 Å². The zero-order valence-corrected chi connectivity index (χ0v) is 18.7. The van der Waals surface area contributed by atoms with Crippen LogP contribution >= 0.6 is 11.6 Å². The topological polar surface area (TPSA) is 123 Å². The van der Waals surface area contributed by atoms with Gasteiger partial charge in [-0.05, 0) is 42.3 Å². The molecule has 0 saturated carbocycles. The molecule has 174 valence electrons. The number of rotatable bonds is 5. The van der Waals surface area contributed by atoms with Crippen LogP contribution in [0.5, 0.6) is 11.5 Å². The Morgan fingerprint density at radius 1 is 1.15 bits per heavy atom. The Labute approximate surface area is 195 Å². The molecular weight excluding hydrogens is 450 g/mol. The lowest BCUT2D eigenvalue weighted by atomic mass is 10.1. The molecule has 1 unspecified atom stereocenters. The van der Waals surface area contributed by atoms with E-state index in [-0.39, 0.29) is 6.04 Å². The Morgan fingerprint density at radius 3 is 2.48 bits per heavy atom. The van der Waals surface area contributed by atoms with Gasteiger partial charge in [0.2, 0.25) is 0 Å². The summed E-state index contributed by atoms with van der Waals surface area (Å²) in [5, 5.41) is 18.9. The minimum atomic E-state index is -1.82. The van der Waals surface area contributed by atoms with Gasteiger partial charge in [0.1, 0.15) is 0 Å². The third-order valence-corrected chi connectivity index (χ3v) is 5.13. The van der Waals surface area contributed by atoms with Crippen LogP contribution in [-0.2, 0) is 16.1 Å². The molecule has 0 aliphatic carbocycles. The fourth-order valence-electron chi connectivity index (χ4n) is 3.12. The van der Waals surface area contributed by atoms with E-state index in [1.807, 2.05) is 22.9 Å². The van der Waals surface area contributed by atoms with E-state index >= 15 is 0 Å². The highest BCUT2D eigenvalue weighted by Gasteiger charge is 2.16. The largest absolute Gasteiger partial charge is 0.489 e. The molecule has 0 amide bonds. The summed E-state index contributed by atoms with van der Waals surface area (Å²) in [6.45, 7) is 4.13. The zero-order chi connectivity index (χ0) is 23.8. The molecule has 1 atom stereocenters. The highest BCUT2D eigenvalue weighted by Crippen LogP contribution is 2.38. The van der Waals surface area contributed by atoms with E-state index in [2.05, 4.69) is 41.5 Å².